The molecule has 0 aliphatic heterocycles. The van der Waals surface area contributed by atoms with E-state index < -0.39 is 0 Å². The zero-order valence-electron chi connectivity index (χ0n) is 11.0. The number of aromatic nitrogens is 3. The molecule has 0 unspecified atom stereocenters. The van der Waals surface area contributed by atoms with Crippen LogP contribution in [-0.4, -0.2) is 14.6 Å². The minimum Gasteiger partial charge on any atom is -0.297 e. The summed E-state index contributed by atoms with van der Waals surface area (Å²) < 4.78 is 1.51. The van der Waals surface area contributed by atoms with Gasteiger partial charge in [0.25, 0.3) is 5.56 Å². The van der Waals surface area contributed by atoms with Crippen LogP contribution >= 0.6 is 0 Å². The number of aromatic amines is 1. The molecule has 0 saturated heterocycles. The Kier molecular flexibility index (Phi) is 2.71. The van der Waals surface area contributed by atoms with E-state index in [9.17, 15) is 4.79 Å². The van der Waals surface area contributed by atoms with Crippen molar-refractivity contribution in [3.63, 3.8) is 0 Å². The minimum atomic E-state index is -0.0384. The van der Waals surface area contributed by atoms with E-state index in [4.69, 9.17) is 0 Å². The number of hydrogen-bond acceptors (Lipinski definition) is 2. The summed E-state index contributed by atoms with van der Waals surface area (Å²) >= 11 is 0. The van der Waals surface area contributed by atoms with Crippen LogP contribution in [0.1, 0.15) is 18.1 Å². The Labute approximate surface area is 110 Å². The lowest BCUT2D eigenvalue weighted by atomic mass is 10.1. The predicted octanol–water partition coefficient (Wildman–Crippen LogP) is 2.56. The van der Waals surface area contributed by atoms with E-state index in [1.165, 1.54) is 4.52 Å². The van der Waals surface area contributed by atoms with Gasteiger partial charge in [-0.3, -0.25) is 9.89 Å². The van der Waals surface area contributed by atoms with Crippen molar-refractivity contribution in [2.45, 2.75) is 20.3 Å². The summed E-state index contributed by atoms with van der Waals surface area (Å²) in [5.41, 5.74) is 4.13. The topological polar surface area (TPSA) is 50.2 Å². The molecule has 4 nitrogen and oxygen atoms in total. The van der Waals surface area contributed by atoms with E-state index in [2.05, 4.69) is 17.0 Å². The fourth-order valence-electron chi connectivity index (χ4n) is 2.28. The van der Waals surface area contributed by atoms with Crippen LogP contribution in [0.5, 0.6) is 0 Å². The van der Waals surface area contributed by atoms with Crippen molar-refractivity contribution in [2.75, 3.05) is 0 Å². The van der Waals surface area contributed by atoms with Crippen molar-refractivity contribution in [2.24, 2.45) is 0 Å². The minimum absolute atomic E-state index is 0.0384. The highest BCUT2D eigenvalue weighted by Gasteiger charge is 2.13. The van der Waals surface area contributed by atoms with Gasteiger partial charge in [0.15, 0.2) is 5.65 Å². The van der Waals surface area contributed by atoms with E-state index in [-0.39, 0.29) is 5.56 Å². The molecule has 3 rings (SSSR count). The number of nitrogens with zero attached hydrogens (tertiary/aromatic N) is 2. The van der Waals surface area contributed by atoms with Crippen LogP contribution in [0, 0.1) is 6.92 Å². The van der Waals surface area contributed by atoms with Crippen LogP contribution < -0.4 is 5.56 Å². The Morgan fingerprint density at radius 2 is 2.00 bits per heavy atom. The molecule has 0 atom stereocenters. The number of H-pyrrole nitrogens is 1. The van der Waals surface area contributed by atoms with E-state index in [1.54, 1.807) is 0 Å². The van der Waals surface area contributed by atoms with Gasteiger partial charge in [-0.2, -0.15) is 0 Å². The lowest BCUT2D eigenvalue weighted by Gasteiger charge is -2.06. The van der Waals surface area contributed by atoms with Gasteiger partial charge in [-0.05, 0) is 13.3 Å². The molecule has 1 N–H and O–H groups in total. The van der Waals surface area contributed by atoms with Crippen LogP contribution in [0.15, 0.2) is 41.3 Å². The third-order valence-corrected chi connectivity index (χ3v) is 3.39. The van der Waals surface area contributed by atoms with Gasteiger partial charge < -0.3 is 0 Å². The van der Waals surface area contributed by atoms with Crippen molar-refractivity contribution in [3.05, 3.63) is 58.0 Å². The number of hydrogen-bond donors (Lipinski definition) is 1. The smallest absolute Gasteiger partial charge is 0.276 e. The Bertz CT molecular complexity index is 784. The molecule has 19 heavy (non-hydrogen) atoms. The molecule has 4 heteroatoms. The number of nitrogens with one attached hydrogen (secondary N) is 1. The first-order valence-electron chi connectivity index (χ1n) is 6.37. The average Bonchev–Trinajstić information content (AvgIpc) is 2.86. The Morgan fingerprint density at radius 1 is 1.26 bits per heavy atom. The lowest BCUT2D eigenvalue weighted by molar-refractivity contribution is 0.887. The van der Waals surface area contributed by atoms with Crippen molar-refractivity contribution >= 4 is 5.65 Å². The molecular weight excluding hydrogens is 238 g/mol. The molecule has 1 aromatic carbocycles. The van der Waals surface area contributed by atoms with E-state index >= 15 is 0 Å². The molecule has 0 radical (unpaired) electrons. The monoisotopic (exact) mass is 253 g/mol. The summed E-state index contributed by atoms with van der Waals surface area (Å²) in [5.74, 6) is 0. The zero-order chi connectivity index (χ0) is 13.4. The molecule has 0 bridgehead atoms. The van der Waals surface area contributed by atoms with E-state index in [0.29, 0.717) is 5.56 Å². The van der Waals surface area contributed by atoms with Crippen LogP contribution in [0.3, 0.4) is 0 Å². The van der Waals surface area contributed by atoms with Gasteiger partial charge >= 0.3 is 0 Å². The Hall–Kier alpha value is -2.36. The second-order valence-electron chi connectivity index (χ2n) is 4.57. The summed E-state index contributed by atoms with van der Waals surface area (Å²) in [6.07, 6.45) is 2.69. The maximum atomic E-state index is 12.3. The van der Waals surface area contributed by atoms with Gasteiger partial charge in [0.1, 0.15) is 0 Å². The standard InChI is InChI=1S/C15H15N3O/c1-3-11-9-16-18-14(11)17-13(10(2)15(18)19)12-7-5-4-6-8-12/h4-9,16H,3H2,1-2H3. The Morgan fingerprint density at radius 3 is 2.68 bits per heavy atom. The Balaban J connectivity index is 2.37. The third-order valence-electron chi connectivity index (χ3n) is 3.39. The molecule has 0 fully saturated rings. The molecule has 0 saturated carbocycles. The first-order valence-corrected chi connectivity index (χ1v) is 6.37. The second-order valence-corrected chi connectivity index (χ2v) is 4.57. The molecule has 0 spiro atoms. The van der Waals surface area contributed by atoms with Crippen molar-refractivity contribution in [1.29, 1.82) is 0 Å². The van der Waals surface area contributed by atoms with Crippen molar-refractivity contribution in [3.8, 4) is 11.3 Å². The van der Waals surface area contributed by atoms with Gasteiger partial charge in [-0.15, -0.1) is 0 Å². The summed E-state index contributed by atoms with van der Waals surface area (Å²) in [6, 6.07) is 9.82. The summed E-state index contributed by atoms with van der Waals surface area (Å²) in [4.78, 5) is 17.0. The number of aryl methyl sites for hydroxylation is 1. The first kappa shape index (κ1) is 11.7. The molecule has 96 valence electrons. The quantitative estimate of drug-likeness (QED) is 0.763. The van der Waals surface area contributed by atoms with Gasteiger partial charge in [0.2, 0.25) is 0 Å². The fourth-order valence-corrected chi connectivity index (χ4v) is 2.28. The van der Waals surface area contributed by atoms with Gasteiger partial charge in [-0.25, -0.2) is 9.50 Å². The highest BCUT2D eigenvalue weighted by Crippen LogP contribution is 2.20. The SMILES string of the molecule is CCc1c[nH]n2c(=O)c(C)c(-c3ccccc3)nc12. The summed E-state index contributed by atoms with van der Waals surface area (Å²) in [7, 11) is 0. The number of rotatable bonds is 2. The summed E-state index contributed by atoms with van der Waals surface area (Å²) in [6.45, 7) is 3.87. The highest BCUT2D eigenvalue weighted by atomic mass is 16.1. The average molecular weight is 253 g/mol. The van der Waals surface area contributed by atoms with Crippen LogP contribution in [-0.2, 0) is 6.42 Å². The van der Waals surface area contributed by atoms with E-state index in [1.807, 2.05) is 43.5 Å². The van der Waals surface area contributed by atoms with Gasteiger partial charge in [0.05, 0.1) is 5.69 Å². The van der Waals surface area contributed by atoms with Crippen LogP contribution in [0.25, 0.3) is 16.9 Å². The lowest BCUT2D eigenvalue weighted by Crippen LogP contribution is -2.19. The zero-order valence-corrected chi connectivity index (χ0v) is 11.0. The number of fused-ring (bicyclic) bond motifs is 1. The predicted molar refractivity (Wildman–Crippen MR) is 75.4 cm³/mol. The normalized spacial score (nSPS) is 11.1. The largest absolute Gasteiger partial charge is 0.297 e. The maximum Gasteiger partial charge on any atom is 0.276 e. The van der Waals surface area contributed by atoms with Crippen molar-refractivity contribution in [1.82, 2.24) is 14.6 Å². The van der Waals surface area contributed by atoms with Gasteiger partial charge in [-0.1, -0.05) is 37.3 Å². The van der Waals surface area contributed by atoms with E-state index in [0.717, 1.165) is 28.9 Å². The molecule has 0 amide bonds. The number of benzene rings is 1. The first-order chi connectivity index (χ1) is 9.22. The molecule has 0 aliphatic rings. The summed E-state index contributed by atoms with van der Waals surface area (Å²) in [5, 5.41) is 2.97. The second kappa shape index (κ2) is 4.39. The van der Waals surface area contributed by atoms with Crippen molar-refractivity contribution < 1.29 is 0 Å². The fraction of sp³-hybridized carbons (Fsp3) is 0.200. The van der Waals surface area contributed by atoms with Crippen LogP contribution in [0.4, 0.5) is 0 Å². The van der Waals surface area contributed by atoms with Crippen LogP contribution in [0.2, 0.25) is 0 Å². The maximum absolute atomic E-state index is 12.3. The molecule has 2 heterocycles. The molecule has 2 aromatic heterocycles. The molecular formula is C15H15N3O. The highest BCUT2D eigenvalue weighted by molar-refractivity contribution is 5.65. The van der Waals surface area contributed by atoms with Gasteiger partial charge in [0, 0.05) is 22.9 Å². The molecule has 0 aliphatic carbocycles. The molecule has 3 aromatic rings. The third kappa shape index (κ3) is 1.76.